The Kier molecular flexibility index (Phi) is 9.48. The molecule has 4 atom stereocenters. The molecule has 1 aromatic rings. The summed E-state index contributed by atoms with van der Waals surface area (Å²) in [5.74, 6) is -1.00. The highest BCUT2D eigenvalue weighted by atomic mass is 16.6. The lowest BCUT2D eigenvalue weighted by Crippen LogP contribution is -2.38. The molecule has 0 unspecified atom stereocenters. The maximum absolute atomic E-state index is 13.8. The van der Waals surface area contributed by atoms with Crippen molar-refractivity contribution in [2.45, 2.75) is 65.9 Å². The summed E-state index contributed by atoms with van der Waals surface area (Å²) in [5, 5.41) is 14.7. The van der Waals surface area contributed by atoms with E-state index in [2.05, 4.69) is 26.1 Å². The fourth-order valence-corrected chi connectivity index (χ4v) is 5.43. The Morgan fingerprint density at radius 2 is 1.78 bits per heavy atom. The summed E-state index contributed by atoms with van der Waals surface area (Å²) in [7, 11) is 1.50. The molecule has 202 valence electrons. The molecule has 1 aromatic carbocycles. The zero-order valence-electron chi connectivity index (χ0n) is 22.5. The first-order chi connectivity index (χ1) is 17.5. The van der Waals surface area contributed by atoms with Crippen molar-refractivity contribution in [1.29, 1.82) is 0 Å². The highest BCUT2D eigenvalue weighted by Gasteiger charge is 2.41. The normalized spacial score (nSPS) is 24.1. The topological polar surface area (TPSA) is 117 Å². The van der Waals surface area contributed by atoms with Crippen LogP contribution in [0.5, 0.6) is 0 Å². The van der Waals surface area contributed by atoms with Gasteiger partial charge < -0.3 is 19.5 Å². The third-order valence-electron chi connectivity index (χ3n) is 7.35. The number of nitro groups is 1. The van der Waals surface area contributed by atoms with Crippen LogP contribution in [0.4, 0.5) is 5.69 Å². The first kappa shape index (κ1) is 28.4. The first-order valence-corrected chi connectivity index (χ1v) is 12.8. The number of esters is 2. The zero-order valence-corrected chi connectivity index (χ0v) is 22.5. The zero-order chi connectivity index (χ0) is 27.3. The Balaban J connectivity index is 2.04. The van der Waals surface area contributed by atoms with E-state index in [1.807, 2.05) is 0 Å². The largest absolute Gasteiger partial charge is 0.460 e. The number of allylic oxidation sites excluding steroid dienone is 2. The minimum absolute atomic E-state index is 0.0340. The van der Waals surface area contributed by atoms with E-state index in [9.17, 15) is 19.7 Å². The standard InChI is InChI=1S/C28H38N2O7/c1-16(2)22-11-10-17(3)14-23(22)37-28(32)25-19(5)29-18(4)24(27(31)36-13-12-35-6)26(25)20-8-7-9-21(15-20)30(33)34/h7-9,15-17,22-23,26,29H,10-14H2,1-6H3/t17-,22+,23-,26+/m1/s1. The van der Waals surface area contributed by atoms with E-state index in [-0.39, 0.29) is 42.1 Å². The van der Waals surface area contributed by atoms with E-state index in [0.29, 0.717) is 28.8 Å². The predicted molar refractivity (Wildman–Crippen MR) is 138 cm³/mol. The van der Waals surface area contributed by atoms with Crippen molar-refractivity contribution in [2.75, 3.05) is 20.3 Å². The van der Waals surface area contributed by atoms with Gasteiger partial charge in [0.15, 0.2) is 0 Å². The van der Waals surface area contributed by atoms with Gasteiger partial charge in [0.1, 0.15) is 12.7 Å². The van der Waals surface area contributed by atoms with Gasteiger partial charge in [-0.1, -0.05) is 39.3 Å². The van der Waals surface area contributed by atoms with Gasteiger partial charge in [-0.2, -0.15) is 0 Å². The van der Waals surface area contributed by atoms with Gasteiger partial charge in [-0.15, -0.1) is 0 Å². The molecule has 0 radical (unpaired) electrons. The molecule has 9 nitrogen and oxygen atoms in total. The number of non-ortho nitro benzene ring substituents is 1. The number of dihydropyridines is 1. The minimum Gasteiger partial charge on any atom is -0.460 e. The lowest BCUT2D eigenvalue weighted by atomic mass is 9.75. The van der Waals surface area contributed by atoms with Gasteiger partial charge in [-0.25, -0.2) is 9.59 Å². The van der Waals surface area contributed by atoms with Crippen LogP contribution in [0.25, 0.3) is 0 Å². The number of carbonyl (C=O) groups excluding carboxylic acids is 2. The van der Waals surface area contributed by atoms with Gasteiger partial charge in [0.05, 0.1) is 28.6 Å². The van der Waals surface area contributed by atoms with Crippen molar-refractivity contribution in [1.82, 2.24) is 5.32 Å². The number of hydrogen-bond acceptors (Lipinski definition) is 8. The molecule has 0 saturated heterocycles. The molecule has 1 aliphatic heterocycles. The lowest BCUT2D eigenvalue weighted by molar-refractivity contribution is -0.384. The van der Waals surface area contributed by atoms with Crippen molar-refractivity contribution in [3.8, 4) is 0 Å². The van der Waals surface area contributed by atoms with Crippen molar-refractivity contribution >= 4 is 17.6 Å². The monoisotopic (exact) mass is 514 g/mol. The predicted octanol–water partition coefficient (Wildman–Crippen LogP) is 5.02. The second-order valence-corrected chi connectivity index (χ2v) is 10.4. The van der Waals surface area contributed by atoms with E-state index in [1.165, 1.54) is 19.2 Å². The highest BCUT2D eigenvalue weighted by Crippen LogP contribution is 2.42. The average Bonchev–Trinajstić information content (AvgIpc) is 2.83. The van der Waals surface area contributed by atoms with Crippen LogP contribution >= 0.6 is 0 Å². The summed E-state index contributed by atoms with van der Waals surface area (Å²) in [6, 6.07) is 6.00. The molecule has 37 heavy (non-hydrogen) atoms. The van der Waals surface area contributed by atoms with Crippen LogP contribution < -0.4 is 5.32 Å². The lowest BCUT2D eigenvalue weighted by Gasteiger charge is -2.38. The highest BCUT2D eigenvalue weighted by molar-refractivity contribution is 6.00. The van der Waals surface area contributed by atoms with E-state index in [0.717, 1.165) is 19.3 Å². The van der Waals surface area contributed by atoms with E-state index >= 15 is 0 Å². The van der Waals surface area contributed by atoms with Gasteiger partial charge >= 0.3 is 11.9 Å². The van der Waals surface area contributed by atoms with Crippen LogP contribution in [0.1, 0.15) is 65.4 Å². The number of hydrogen-bond donors (Lipinski definition) is 1. The Bertz CT molecular complexity index is 1090. The summed E-state index contributed by atoms with van der Waals surface area (Å²) < 4.78 is 16.6. The summed E-state index contributed by atoms with van der Waals surface area (Å²) in [5.41, 5.74) is 1.83. The SMILES string of the molecule is COCCOC(=O)C1=C(C)NC(C)=C(C(=O)O[C@@H]2C[C@H](C)CC[C@H]2C(C)C)[C@H]1c1cccc([N+](=O)[O-])c1. The molecule has 1 heterocycles. The van der Waals surface area contributed by atoms with Crippen molar-refractivity contribution in [2.24, 2.45) is 17.8 Å². The molecule has 2 aliphatic rings. The fourth-order valence-electron chi connectivity index (χ4n) is 5.43. The summed E-state index contributed by atoms with van der Waals surface area (Å²) >= 11 is 0. The number of carbonyl (C=O) groups is 2. The van der Waals surface area contributed by atoms with Crippen LogP contribution in [0.3, 0.4) is 0 Å². The minimum atomic E-state index is -0.887. The molecule has 0 bridgehead atoms. The number of methoxy groups -OCH3 is 1. The van der Waals surface area contributed by atoms with E-state index < -0.39 is 22.8 Å². The van der Waals surface area contributed by atoms with Crippen LogP contribution in [0.2, 0.25) is 0 Å². The second-order valence-electron chi connectivity index (χ2n) is 10.4. The Morgan fingerprint density at radius 3 is 2.41 bits per heavy atom. The number of ether oxygens (including phenoxy) is 3. The number of benzene rings is 1. The molecule has 1 aliphatic carbocycles. The molecule has 1 N–H and O–H groups in total. The molecular formula is C28H38N2O7. The first-order valence-electron chi connectivity index (χ1n) is 12.8. The van der Waals surface area contributed by atoms with E-state index in [4.69, 9.17) is 14.2 Å². The molecule has 0 amide bonds. The molecule has 1 saturated carbocycles. The number of nitro benzene ring substituents is 1. The number of nitrogens with one attached hydrogen (secondary N) is 1. The van der Waals surface area contributed by atoms with Crippen molar-refractivity contribution in [3.63, 3.8) is 0 Å². The van der Waals surface area contributed by atoms with Crippen LogP contribution in [0, 0.1) is 27.9 Å². The van der Waals surface area contributed by atoms with Gasteiger partial charge in [0.2, 0.25) is 0 Å². The Morgan fingerprint density at radius 1 is 1.11 bits per heavy atom. The molecular weight excluding hydrogens is 476 g/mol. The summed E-state index contributed by atoms with van der Waals surface area (Å²) in [4.78, 5) is 38.1. The third kappa shape index (κ3) is 6.57. The van der Waals surface area contributed by atoms with Gasteiger partial charge in [-0.3, -0.25) is 10.1 Å². The van der Waals surface area contributed by atoms with Crippen LogP contribution in [-0.4, -0.2) is 43.3 Å². The van der Waals surface area contributed by atoms with Crippen LogP contribution in [0.15, 0.2) is 46.8 Å². The van der Waals surface area contributed by atoms with Gasteiger partial charge in [-0.05, 0) is 50.0 Å². The molecule has 0 aromatic heterocycles. The average molecular weight is 515 g/mol. The maximum Gasteiger partial charge on any atom is 0.337 e. The molecule has 3 rings (SSSR count). The van der Waals surface area contributed by atoms with Crippen LogP contribution in [-0.2, 0) is 23.8 Å². The molecule has 9 heteroatoms. The molecule has 1 fully saturated rings. The van der Waals surface area contributed by atoms with Crippen molar-refractivity contribution in [3.05, 3.63) is 62.5 Å². The summed E-state index contributed by atoms with van der Waals surface area (Å²) in [6.07, 6.45) is 2.61. The van der Waals surface area contributed by atoms with Gasteiger partial charge in [0.25, 0.3) is 5.69 Å². The Hall–Kier alpha value is -3.20. The van der Waals surface area contributed by atoms with E-state index in [1.54, 1.807) is 26.0 Å². The number of rotatable bonds is 9. The second kappa shape index (κ2) is 12.4. The Labute approximate surface area is 218 Å². The van der Waals surface area contributed by atoms with Gasteiger partial charge in [0, 0.05) is 30.6 Å². The summed E-state index contributed by atoms with van der Waals surface area (Å²) in [6.45, 7) is 10.2. The number of nitrogens with zero attached hydrogens (tertiary/aromatic N) is 1. The fraction of sp³-hybridized carbons (Fsp3) is 0.571. The third-order valence-corrected chi connectivity index (χ3v) is 7.35. The van der Waals surface area contributed by atoms with Crippen molar-refractivity contribution < 1.29 is 28.7 Å². The molecule has 0 spiro atoms. The maximum atomic E-state index is 13.8. The smallest absolute Gasteiger partial charge is 0.337 e. The quantitative estimate of drug-likeness (QED) is 0.211.